The Morgan fingerprint density at radius 1 is 1.04 bits per heavy atom. The van der Waals surface area contributed by atoms with E-state index in [1.54, 1.807) is 4.90 Å². The number of rotatable bonds is 13. The molecular formula is C21H35NO5P+. The summed E-state index contributed by atoms with van der Waals surface area (Å²) in [7, 11) is -4.21. The first-order chi connectivity index (χ1) is 13.4. The average molecular weight is 412 g/mol. The molecule has 1 amide bonds. The summed E-state index contributed by atoms with van der Waals surface area (Å²) in [4.78, 5) is 40.4. The van der Waals surface area contributed by atoms with Crippen LogP contribution in [0.5, 0.6) is 0 Å². The molecule has 0 radical (unpaired) electrons. The zero-order chi connectivity index (χ0) is 20.4. The van der Waals surface area contributed by atoms with Crippen molar-refractivity contribution in [3.8, 4) is 0 Å². The second-order valence-electron chi connectivity index (χ2n) is 7.73. The van der Waals surface area contributed by atoms with Crippen LogP contribution in [0.15, 0.2) is 24.3 Å². The van der Waals surface area contributed by atoms with E-state index in [-0.39, 0.29) is 5.91 Å². The van der Waals surface area contributed by atoms with Gasteiger partial charge in [0.15, 0.2) is 0 Å². The lowest BCUT2D eigenvalue weighted by Gasteiger charge is -2.37. The first-order valence-corrected chi connectivity index (χ1v) is 12.0. The second kappa shape index (κ2) is 11.8. The van der Waals surface area contributed by atoms with E-state index < -0.39 is 14.3 Å². The second-order valence-corrected chi connectivity index (χ2v) is 8.97. The lowest BCUT2D eigenvalue weighted by Crippen LogP contribution is -2.54. The molecule has 3 N–H and O–H groups in total. The predicted octanol–water partition coefficient (Wildman–Crippen LogP) is 3.79. The lowest BCUT2D eigenvalue weighted by atomic mass is 10.0. The lowest BCUT2D eigenvalue weighted by molar-refractivity contribution is -0.141. The molecule has 1 fully saturated rings. The van der Waals surface area contributed by atoms with Crippen LogP contribution < -0.4 is 0 Å². The van der Waals surface area contributed by atoms with E-state index in [9.17, 15) is 4.79 Å². The standard InChI is InChI=1S/C21H35NO5P/c1-2-3-4-5-6-7-10-18-11-8-12-19(15-18)13-9-14-21(23)22-16-20(17-22)27-28(24,25)26/h8,11-12,15,20,24-26H,2-7,9-10,13-14,16-17H2,1H3/q+1. The Hall–Kier alpha value is -1.04. The normalized spacial score (nSPS) is 14.9. The Morgan fingerprint density at radius 2 is 1.64 bits per heavy atom. The summed E-state index contributed by atoms with van der Waals surface area (Å²) in [5.74, 6) is 0.0424. The number of likely N-dealkylation sites (tertiary alicyclic amines) is 1. The summed E-state index contributed by atoms with van der Waals surface area (Å²) in [6, 6.07) is 8.68. The fraction of sp³-hybridized carbons (Fsp3) is 0.667. The van der Waals surface area contributed by atoms with Crippen molar-refractivity contribution in [2.45, 2.75) is 77.2 Å². The number of hydrogen-bond acceptors (Lipinski definition) is 5. The van der Waals surface area contributed by atoms with Crippen molar-refractivity contribution < 1.29 is 24.0 Å². The van der Waals surface area contributed by atoms with Crippen LogP contribution in [0.25, 0.3) is 0 Å². The van der Waals surface area contributed by atoms with Gasteiger partial charge >= 0.3 is 8.17 Å². The number of hydrogen-bond donors (Lipinski definition) is 3. The van der Waals surface area contributed by atoms with E-state index in [1.165, 1.54) is 49.7 Å². The maximum Gasteiger partial charge on any atom is 0.567 e. The largest absolute Gasteiger partial charge is 0.567 e. The number of aryl methyl sites for hydroxylation is 2. The Balaban J connectivity index is 1.61. The molecule has 1 aliphatic heterocycles. The van der Waals surface area contributed by atoms with Gasteiger partial charge in [-0.1, -0.05) is 63.3 Å². The van der Waals surface area contributed by atoms with Gasteiger partial charge in [-0.05, 0) is 36.8 Å². The fourth-order valence-electron chi connectivity index (χ4n) is 3.56. The number of benzene rings is 1. The molecule has 28 heavy (non-hydrogen) atoms. The number of carbonyl (C=O) groups excluding carboxylic acids is 1. The molecule has 2 rings (SSSR count). The quantitative estimate of drug-likeness (QED) is 0.339. The van der Waals surface area contributed by atoms with Crippen LogP contribution in [0.1, 0.15) is 69.4 Å². The summed E-state index contributed by atoms with van der Waals surface area (Å²) in [6.07, 6.45) is 10.6. The molecule has 1 heterocycles. The van der Waals surface area contributed by atoms with Crippen LogP contribution in [-0.4, -0.2) is 44.7 Å². The number of amides is 1. The topological polar surface area (TPSA) is 90.2 Å². The van der Waals surface area contributed by atoms with E-state index >= 15 is 0 Å². The van der Waals surface area contributed by atoms with Gasteiger partial charge < -0.3 is 4.90 Å². The summed E-state index contributed by atoms with van der Waals surface area (Å²) in [5, 5.41) is 0. The Labute approximate surface area is 169 Å². The van der Waals surface area contributed by atoms with E-state index in [0.717, 1.165) is 19.3 Å². The Morgan fingerprint density at radius 3 is 2.29 bits per heavy atom. The predicted molar refractivity (Wildman–Crippen MR) is 111 cm³/mol. The SMILES string of the molecule is CCCCCCCCc1cccc(CCCC(=O)N2CC(O[P+](O)(O)O)C2)c1. The van der Waals surface area contributed by atoms with E-state index in [4.69, 9.17) is 14.7 Å². The summed E-state index contributed by atoms with van der Waals surface area (Å²) >= 11 is 0. The van der Waals surface area contributed by atoms with Crippen molar-refractivity contribution >= 4 is 14.1 Å². The molecule has 158 valence electrons. The molecule has 0 bridgehead atoms. The van der Waals surface area contributed by atoms with Crippen LogP contribution in [0.3, 0.4) is 0 Å². The van der Waals surface area contributed by atoms with E-state index in [2.05, 4.69) is 35.7 Å². The fourth-order valence-corrected chi connectivity index (χ4v) is 4.09. The zero-order valence-corrected chi connectivity index (χ0v) is 17.8. The molecule has 0 unspecified atom stereocenters. The highest BCUT2D eigenvalue weighted by molar-refractivity contribution is 7.53. The Bertz CT molecular complexity index is 599. The molecular weight excluding hydrogens is 377 g/mol. The number of carbonyl (C=O) groups is 1. The molecule has 0 spiro atoms. The van der Waals surface area contributed by atoms with Gasteiger partial charge in [0.05, 0.1) is 13.1 Å². The minimum atomic E-state index is -4.21. The van der Waals surface area contributed by atoms with Gasteiger partial charge in [-0.15, -0.1) is 4.52 Å². The average Bonchev–Trinajstić information content (AvgIpc) is 2.60. The highest BCUT2D eigenvalue weighted by Gasteiger charge is 2.43. The molecule has 0 saturated carbocycles. The van der Waals surface area contributed by atoms with Gasteiger partial charge in [0.25, 0.3) is 0 Å². The van der Waals surface area contributed by atoms with Crippen LogP contribution in [0, 0.1) is 0 Å². The van der Waals surface area contributed by atoms with Crippen molar-refractivity contribution in [2.24, 2.45) is 0 Å². The van der Waals surface area contributed by atoms with Gasteiger partial charge in [-0.3, -0.25) is 4.79 Å². The first kappa shape index (κ1) is 23.2. The Kier molecular flexibility index (Phi) is 9.83. The van der Waals surface area contributed by atoms with Crippen molar-refractivity contribution in [3.05, 3.63) is 35.4 Å². The molecule has 6 nitrogen and oxygen atoms in total. The third-order valence-electron chi connectivity index (χ3n) is 5.16. The summed E-state index contributed by atoms with van der Waals surface area (Å²) < 4.78 is 4.68. The first-order valence-electron chi connectivity index (χ1n) is 10.5. The van der Waals surface area contributed by atoms with Crippen LogP contribution in [0.4, 0.5) is 0 Å². The molecule has 1 aromatic rings. The van der Waals surface area contributed by atoms with Gasteiger partial charge in [-0.25, -0.2) is 0 Å². The van der Waals surface area contributed by atoms with Crippen LogP contribution in [0.2, 0.25) is 0 Å². The van der Waals surface area contributed by atoms with Crippen molar-refractivity contribution in [3.63, 3.8) is 0 Å². The molecule has 1 aromatic carbocycles. The maximum atomic E-state index is 12.1. The van der Waals surface area contributed by atoms with Gasteiger partial charge in [0.2, 0.25) is 5.91 Å². The van der Waals surface area contributed by atoms with E-state index in [1.807, 2.05) is 0 Å². The zero-order valence-electron chi connectivity index (χ0n) is 16.9. The summed E-state index contributed by atoms with van der Waals surface area (Å²) in [6.45, 7) is 2.84. The summed E-state index contributed by atoms with van der Waals surface area (Å²) in [5.41, 5.74) is 2.66. The molecule has 1 saturated heterocycles. The maximum absolute atomic E-state index is 12.1. The van der Waals surface area contributed by atoms with Gasteiger partial charge in [-0.2, -0.15) is 14.7 Å². The minimum Gasteiger partial charge on any atom is -0.337 e. The van der Waals surface area contributed by atoms with Crippen molar-refractivity contribution in [1.82, 2.24) is 4.90 Å². The van der Waals surface area contributed by atoms with Crippen LogP contribution >= 0.6 is 8.17 Å². The van der Waals surface area contributed by atoms with Crippen molar-refractivity contribution in [2.75, 3.05) is 13.1 Å². The smallest absolute Gasteiger partial charge is 0.337 e. The monoisotopic (exact) mass is 412 g/mol. The number of nitrogens with zero attached hydrogens (tertiary/aromatic N) is 1. The molecule has 0 atom stereocenters. The molecule has 1 aliphatic rings. The molecule has 7 heteroatoms. The van der Waals surface area contributed by atoms with Gasteiger partial charge in [0, 0.05) is 6.42 Å². The highest BCUT2D eigenvalue weighted by Crippen LogP contribution is 2.48. The van der Waals surface area contributed by atoms with Crippen LogP contribution in [-0.2, 0) is 22.2 Å². The van der Waals surface area contributed by atoms with Crippen molar-refractivity contribution in [1.29, 1.82) is 0 Å². The third-order valence-corrected chi connectivity index (χ3v) is 5.74. The molecule has 0 aliphatic carbocycles. The number of unbranched alkanes of at least 4 members (excludes halogenated alkanes) is 5. The minimum absolute atomic E-state index is 0.0424. The third kappa shape index (κ3) is 8.97. The highest BCUT2D eigenvalue weighted by atomic mass is 31.2. The van der Waals surface area contributed by atoms with Gasteiger partial charge in [0.1, 0.15) is 6.10 Å². The molecule has 0 aromatic heterocycles. The van der Waals surface area contributed by atoms with E-state index in [0.29, 0.717) is 19.5 Å².